The van der Waals surface area contributed by atoms with Gasteiger partial charge in [0.05, 0.1) is 5.56 Å². The lowest BCUT2D eigenvalue weighted by molar-refractivity contribution is -0.658. The van der Waals surface area contributed by atoms with E-state index in [1.54, 1.807) is 23.7 Å². The Morgan fingerprint density at radius 1 is 1.00 bits per heavy atom. The summed E-state index contributed by atoms with van der Waals surface area (Å²) in [5.41, 5.74) is 1.87. The number of aromatic nitrogens is 1. The molecule has 0 unspecified atom stereocenters. The Morgan fingerprint density at radius 3 is 2.19 bits per heavy atom. The fourth-order valence-electron chi connectivity index (χ4n) is 2.26. The molecule has 2 aromatic carbocycles. The second kappa shape index (κ2) is 5.50. The van der Waals surface area contributed by atoms with Crippen molar-refractivity contribution in [2.45, 2.75) is 0 Å². The minimum Gasteiger partial charge on any atom is -0.495 e. The van der Waals surface area contributed by atoms with Crippen molar-refractivity contribution >= 4 is 17.1 Å². The van der Waals surface area contributed by atoms with Gasteiger partial charge in [0.1, 0.15) is 7.05 Å². The van der Waals surface area contributed by atoms with Crippen LogP contribution in [0.2, 0.25) is 0 Å². The van der Waals surface area contributed by atoms with Gasteiger partial charge < -0.3 is 5.11 Å². The molecule has 4 heteroatoms. The highest BCUT2D eigenvalue weighted by Gasteiger charge is 2.31. The summed E-state index contributed by atoms with van der Waals surface area (Å²) in [6, 6.07) is 18.7. The Morgan fingerprint density at radius 2 is 1.57 bits per heavy atom. The number of hydrogen-bond acceptors (Lipinski definition) is 3. The van der Waals surface area contributed by atoms with Crippen LogP contribution in [-0.2, 0) is 7.05 Å². The van der Waals surface area contributed by atoms with Gasteiger partial charge in [0.25, 0.3) is 15.9 Å². The van der Waals surface area contributed by atoms with Crippen LogP contribution in [0.5, 0.6) is 5.06 Å². The van der Waals surface area contributed by atoms with E-state index in [1.807, 2.05) is 48.5 Å². The van der Waals surface area contributed by atoms with Crippen molar-refractivity contribution in [3.8, 4) is 15.6 Å². The summed E-state index contributed by atoms with van der Waals surface area (Å²) in [4.78, 5) is 12.6. The first-order chi connectivity index (χ1) is 10.2. The Bertz CT molecular complexity index is 779. The molecule has 0 amide bonds. The van der Waals surface area contributed by atoms with E-state index in [4.69, 9.17) is 0 Å². The predicted octanol–water partition coefficient (Wildman–Crippen LogP) is 3.18. The van der Waals surface area contributed by atoms with Crippen LogP contribution in [0.3, 0.4) is 0 Å². The van der Waals surface area contributed by atoms with Gasteiger partial charge in [0.2, 0.25) is 0 Å². The third-order valence-electron chi connectivity index (χ3n) is 3.31. The predicted molar refractivity (Wildman–Crippen MR) is 82.5 cm³/mol. The number of benzene rings is 2. The first kappa shape index (κ1) is 13.5. The normalized spacial score (nSPS) is 10.5. The number of ketones is 1. The van der Waals surface area contributed by atoms with E-state index in [1.165, 1.54) is 11.3 Å². The number of hydrogen-bond donors (Lipinski definition) is 1. The fourth-order valence-corrected chi connectivity index (χ4v) is 3.25. The van der Waals surface area contributed by atoms with Crippen LogP contribution in [-0.4, -0.2) is 10.9 Å². The minimum absolute atomic E-state index is 0.0465. The van der Waals surface area contributed by atoms with E-state index in [0.717, 1.165) is 10.6 Å². The van der Waals surface area contributed by atoms with Crippen molar-refractivity contribution in [1.82, 2.24) is 0 Å². The Balaban J connectivity index is 2.09. The van der Waals surface area contributed by atoms with E-state index < -0.39 is 0 Å². The van der Waals surface area contributed by atoms with Crippen molar-refractivity contribution in [2.75, 3.05) is 0 Å². The molecule has 1 N–H and O–H groups in total. The quantitative estimate of drug-likeness (QED) is 0.596. The maximum absolute atomic E-state index is 12.6. The Kier molecular flexibility index (Phi) is 3.54. The molecular weight excluding hydrogens is 282 g/mol. The summed E-state index contributed by atoms with van der Waals surface area (Å²) in [5.74, 6) is -0.172. The summed E-state index contributed by atoms with van der Waals surface area (Å²) >= 11 is 1.21. The maximum Gasteiger partial charge on any atom is 0.307 e. The zero-order valence-electron chi connectivity index (χ0n) is 11.5. The largest absolute Gasteiger partial charge is 0.495 e. The molecule has 1 aromatic heterocycles. The molecule has 0 aliphatic rings. The van der Waals surface area contributed by atoms with Crippen molar-refractivity contribution in [2.24, 2.45) is 7.05 Å². The lowest BCUT2D eigenvalue weighted by atomic mass is 10.1. The van der Waals surface area contributed by atoms with Gasteiger partial charge in [0.15, 0.2) is 0 Å². The molecule has 3 aromatic rings. The first-order valence-electron chi connectivity index (χ1n) is 6.55. The first-order valence-corrected chi connectivity index (χ1v) is 7.37. The molecule has 0 saturated carbocycles. The third-order valence-corrected chi connectivity index (χ3v) is 4.40. The summed E-state index contributed by atoms with van der Waals surface area (Å²) < 4.78 is 1.75. The van der Waals surface area contributed by atoms with E-state index in [9.17, 15) is 9.90 Å². The van der Waals surface area contributed by atoms with Crippen LogP contribution in [0, 0.1) is 0 Å². The smallest absolute Gasteiger partial charge is 0.307 e. The zero-order chi connectivity index (χ0) is 14.8. The van der Waals surface area contributed by atoms with Crippen molar-refractivity contribution in [1.29, 1.82) is 0 Å². The monoisotopic (exact) mass is 296 g/mol. The topological polar surface area (TPSA) is 41.2 Å². The van der Waals surface area contributed by atoms with Crippen LogP contribution in [0.15, 0.2) is 60.7 Å². The van der Waals surface area contributed by atoms with Crippen LogP contribution >= 0.6 is 11.3 Å². The fraction of sp³-hybridized carbons (Fsp3) is 0.0588. The average Bonchev–Trinajstić information content (AvgIpc) is 2.83. The number of rotatable bonds is 3. The van der Waals surface area contributed by atoms with Gasteiger partial charge in [-0.2, -0.15) is 4.57 Å². The molecule has 0 fully saturated rings. The van der Waals surface area contributed by atoms with Crippen molar-refractivity contribution in [3.05, 3.63) is 71.9 Å². The summed E-state index contributed by atoms with van der Waals surface area (Å²) in [6.07, 6.45) is 0. The molecule has 0 spiro atoms. The van der Waals surface area contributed by atoms with Gasteiger partial charge in [-0.15, -0.1) is 0 Å². The molecule has 3 rings (SSSR count). The highest BCUT2D eigenvalue weighted by molar-refractivity contribution is 7.16. The standard InChI is InChI=1S/C17H13NO2S/c1-18-14(15(19)12-8-4-2-5-9-12)17(20)21-16(18)13-10-6-3-7-11-13/h2-11H,1H3/p+1. The lowest BCUT2D eigenvalue weighted by Crippen LogP contribution is -2.35. The molecule has 0 saturated heterocycles. The molecule has 1 heterocycles. The van der Waals surface area contributed by atoms with Gasteiger partial charge in [-0.1, -0.05) is 48.5 Å². The number of nitrogens with zero attached hydrogens (tertiary/aromatic N) is 1. The molecule has 21 heavy (non-hydrogen) atoms. The highest BCUT2D eigenvalue weighted by Crippen LogP contribution is 2.32. The Labute approximate surface area is 126 Å². The van der Waals surface area contributed by atoms with E-state index >= 15 is 0 Å². The van der Waals surface area contributed by atoms with Crippen LogP contribution in [0.25, 0.3) is 10.6 Å². The number of carbonyl (C=O) groups is 1. The number of aromatic hydroxyl groups is 1. The van der Waals surface area contributed by atoms with Gasteiger partial charge in [-0.25, -0.2) is 0 Å². The molecule has 104 valence electrons. The average molecular weight is 296 g/mol. The van der Waals surface area contributed by atoms with E-state index in [-0.39, 0.29) is 10.8 Å². The third kappa shape index (κ3) is 2.45. The van der Waals surface area contributed by atoms with Gasteiger partial charge in [-0.05, 0) is 23.5 Å². The molecule has 0 atom stereocenters. The summed E-state index contributed by atoms with van der Waals surface area (Å²) in [6.45, 7) is 0. The lowest BCUT2D eigenvalue weighted by Gasteiger charge is -1.97. The minimum atomic E-state index is -0.172. The van der Waals surface area contributed by atoms with Crippen molar-refractivity contribution < 1.29 is 14.5 Å². The number of thiazole rings is 1. The number of carbonyl (C=O) groups excluding carboxylic acids is 1. The van der Waals surface area contributed by atoms with Crippen LogP contribution in [0.1, 0.15) is 16.1 Å². The molecule has 3 nitrogen and oxygen atoms in total. The molecular formula is C17H14NO2S+. The highest BCUT2D eigenvalue weighted by atomic mass is 32.1. The van der Waals surface area contributed by atoms with E-state index in [0.29, 0.717) is 11.3 Å². The van der Waals surface area contributed by atoms with Gasteiger partial charge in [0, 0.05) is 5.56 Å². The maximum atomic E-state index is 12.6. The molecule has 0 aliphatic heterocycles. The zero-order valence-corrected chi connectivity index (χ0v) is 12.3. The molecule has 0 aliphatic carbocycles. The van der Waals surface area contributed by atoms with E-state index in [2.05, 4.69) is 0 Å². The second-order valence-electron chi connectivity index (χ2n) is 4.68. The van der Waals surface area contributed by atoms with Crippen LogP contribution < -0.4 is 4.57 Å². The summed E-state index contributed by atoms with van der Waals surface area (Å²) in [7, 11) is 1.80. The SMILES string of the molecule is C[n+]1c(-c2ccccc2)sc(O)c1C(=O)c1ccccc1. The van der Waals surface area contributed by atoms with Gasteiger partial charge in [-0.3, -0.25) is 4.79 Å². The summed E-state index contributed by atoms with van der Waals surface area (Å²) in [5, 5.41) is 11.1. The molecule has 0 radical (unpaired) electrons. The Hall–Kier alpha value is -2.46. The van der Waals surface area contributed by atoms with Gasteiger partial charge >= 0.3 is 5.69 Å². The molecule has 0 bridgehead atoms. The second-order valence-corrected chi connectivity index (χ2v) is 5.66. The van der Waals surface area contributed by atoms with Crippen molar-refractivity contribution in [3.63, 3.8) is 0 Å². The van der Waals surface area contributed by atoms with Crippen LogP contribution in [0.4, 0.5) is 0 Å².